The van der Waals surface area contributed by atoms with Crippen LogP contribution in [0.5, 0.6) is 17.2 Å². The number of aryl methyl sites for hydroxylation is 1. The predicted molar refractivity (Wildman–Crippen MR) is 130 cm³/mol. The van der Waals surface area contributed by atoms with E-state index in [4.69, 9.17) is 30.3 Å². The Bertz CT molecular complexity index is 1320. The van der Waals surface area contributed by atoms with Gasteiger partial charge in [0.25, 0.3) is 0 Å². The van der Waals surface area contributed by atoms with E-state index in [2.05, 4.69) is 15.5 Å². The molecule has 3 aliphatic rings. The van der Waals surface area contributed by atoms with E-state index in [0.29, 0.717) is 44.2 Å². The first-order valence-electron chi connectivity index (χ1n) is 11.9. The fraction of sp³-hybridized carbons (Fsp3) is 0.480. The number of Topliss-reactive ketones (excluding diaryl/α,β-unsaturated/α-hetero) is 1. The molecule has 11 nitrogen and oxygen atoms in total. The van der Waals surface area contributed by atoms with Crippen LogP contribution in [-0.2, 0) is 16.0 Å². The number of nitrogens with one attached hydrogen (secondary N) is 1. The number of amides is 1. The van der Waals surface area contributed by atoms with Crippen LogP contribution in [0, 0.1) is 18.8 Å². The van der Waals surface area contributed by atoms with Gasteiger partial charge in [-0.2, -0.15) is 4.98 Å². The van der Waals surface area contributed by atoms with Gasteiger partial charge >= 0.3 is 0 Å². The van der Waals surface area contributed by atoms with Crippen molar-refractivity contribution in [3.8, 4) is 17.2 Å². The molecule has 1 aromatic heterocycles. The molecule has 0 radical (unpaired) electrons. The normalized spacial score (nSPS) is 22.9. The van der Waals surface area contributed by atoms with Crippen molar-refractivity contribution in [1.29, 1.82) is 0 Å². The summed E-state index contributed by atoms with van der Waals surface area (Å²) in [6, 6.07) is 1.51. The van der Waals surface area contributed by atoms with Crippen LogP contribution in [0.15, 0.2) is 22.4 Å². The van der Waals surface area contributed by atoms with Gasteiger partial charge in [-0.05, 0) is 13.3 Å². The lowest BCUT2D eigenvalue weighted by atomic mass is 9.73. The van der Waals surface area contributed by atoms with E-state index in [-0.39, 0.29) is 39.7 Å². The van der Waals surface area contributed by atoms with Gasteiger partial charge in [0.05, 0.1) is 20.1 Å². The lowest BCUT2D eigenvalue weighted by molar-refractivity contribution is -0.130. The molecule has 0 saturated carbocycles. The van der Waals surface area contributed by atoms with Gasteiger partial charge in [0, 0.05) is 49.8 Å². The number of methoxy groups -OCH3 is 2. The second-order valence-corrected chi connectivity index (χ2v) is 9.83. The lowest BCUT2D eigenvalue weighted by Crippen LogP contribution is -2.58. The minimum Gasteiger partial charge on any atom is -0.496 e. The molecule has 1 saturated heterocycles. The molecule has 0 bridgehead atoms. The second-order valence-electron chi connectivity index (χ2n) is 9.45. The fourth-order valence-electron chi connectivity index (χ4n) is 5.08. The molecule has 1 spiro atoms. The van der Waals surface area contributed by atoms with Crippen LogP contribution in [0.3, 0.4) is 0 Å². The van der Waals surface area contributed by atoms with E-state index < -0.39 is 23.1 Å². The summed E-state index contributed by atoms with van der Waals surface area (Å²) in [7, 11) is 2.87. The number of hydrogen-bond donors (Lipinski definition) is 1. The zero-order valence-corrected chi connectivity index (χ0v) is 21.7. The number of nitrogens with zero attached hydrogens (tertiary/aromatic N) is 3. The van der Waals surface area contributed by atoms with Crippen molar-refractivity contribution in [2.75, 3.05) is 33.9 Å². The maximum atomic E-state index is 13.6. The number of ketones is 2. The fourth-order valence-corrected chi connectivity index (χ4v) is 5.35. The molecule has 12 heteroatoms. The highest BCUT2D eigenvalue weighted by molar-refractivity contribution is 6.36. The number of hydrogen-bond acceptors (Lipinski definition) is 10. The summed E-state index contributed by atoms with van der Waals surface area (Å²) >= 11 is 6.43. The number of fused-ring (bicyclic) bond motifs is 1. The van der Waals surface area contributed by atoms with Crippen molar-refractivity contribution in [2.45, 2.75) is 32.3 Å². The molecule has 2 atom stereocenters. The molecule has 1 N–H and O–H groups in total. The number of carbonyl (C=O) groups is 3. The maximum absolute atomic E-state index is 13.6. The SMILES string of the molecule is COc1cc(OC)c2c(c1Cl)OC1(C(=O)C=C(N3CC(C(=O)NCCc4nc(C)no4)C3)CC1C)C2=O. The van der Waals surface area contributed by atoms with Crippen LogP contribution in [0.2, 0.25) is 5.02 Å². The number of benzene rings is 1. The van der Waals surface area contributed by atoms with Crippen LogP contribution in [-0.4, -0.2) is 72.0 Å². The van der Waals surface area contributed by atoms with Gasteiger partial charge in [0.1, 0.15) is 22.1 Å². The summed E-state index contributed by atoms with van der Waals surface area (Å²) in [5.41, 5.74) is -0.803. The minimum atomic E-state index is -1.72. The van der Waals surface area contributed by atoms with Crippen molar-refractivity contribution in [3.63, 3.8) is 0 Å². The van der Waals surface area contributed by atoms with E-state index in [0.717, 1.165) is 5.70 Å². The molecular formula is C25H27ClN4O7. The van der Waals surface area contributed by atoms with Crippen LogP contribution in [0.25, 0.3) is 0 Å². The van der Waals surface area contributed by atoms with E-state index in [1.807, 2.05) is 4.90 Å². The van der Waals surface area contributed by atoms with E-state index in [9.17, 15) is 14.4 Å². The first kappa shape index (κ1) is 25.1. The average Bonchev–Trinajstić information content (AvgIpc) is 3.39. The summed E-state index contributed by atoms with van der Waals surface area (Å²) in [6.45, 7) is 4.90. The van der Waals surface area contributed by atoms with Crippen LogP contribution in [0.4, 0.5) is 0 Å². The highest BCUT2D eigenvalue weighted by atomic mass is 35.5. The van der Waals surface area contributed by atoms with Crippen molar-refractivity contribution < 1.29 is 33.1 Å². The minimum absolute atomic E-state index is 0.0693. The first-order valence-corrected chi connectivity index (χ1v) is 12.3. The molecule has 1 fully saturated rings. The summed E-state index contributed by atoms with van der Waals surface area (Å²) in [6.07, 6.45) is 2.33. The predicted octanol–water partition coefficient (Wildman–Crippen LogP) is 2.15. The quantitative estimate of drug-likeness (QED) is 0.531. The largest absolute Gasteiger partial charge is 0.496 e. The lowest BCUT2D eigenvalue weighted by Gasteiger charge is -2.45. The second kappa shape index (κ2) is 9.37. The zero-order valence-electron chi connectivity index (χ0n) is 20.9. The smallest absolute Gasteiger partial charge is 0.236 e. The molecule has 3 heterocycles. The van der Waals surface area contributed by atoms with Gasteiger partial charge in [0.15, 0.2) is 11.6 Å². The number of allylic oxidation sites excluding steroid dienone is 1. The van der Waals surface area contributed by atoms with E-state index in [1.165, 1.54) is 26.4 Å². The van der Waals surface area contributed by atoms with Crippen molar-refractivity contribution in [1.82, 2.24) is 20.4 Å². The van der Waals surface area contributed by atoms with Gasteiger partial charge in [-0.1, -0.05) is 23.7 Å². The molecule has 2 aliphatic heterocycles. The Morgan fingerprint density at radius 3 is 2.62 bits per heavy atom. The van der Waals surface area contributed by atoms with Gasteiger partial charge in [0.2, 0.25) is 29.0 Å². The Balaban J connectivity index is 1.25. The molecule has 2 unspecified atom stereocenters. The van der Waals surface area contributed by atoms with Crippen LogP contribution in [0.1, 0.15) is 35.4 Å². The molecule has 37 heavy (non-hydrogen) atoms. The summed E-state index contributed by atoms with van der Waals surface area (Å²) in [5, 5.41) is 6.73. The molecule has 5 rings (SSSR count). The number of halogens is 1. The summed E-state index contributed by atoms with van der Waals surface area (Å²) in [5.74, 6) is -0.0335. The average molecular weight is 531 g/mol. The van der Waals surface area contributed by atoms with Gasteiger partial charge in [-0.25, -0.2) is 0 Å². The number of ether oxygens (including phenoxy) is 3. The van der Waals surface area contributed by atoms with Crippen molar-refractivity contribution in [3.05, 3.63) is 40.1 Å². The summed E-state index contributed by atoms with van der Waals surface area (Å²) < 4.78 is 21.8. The van der Waals surface area contributed by atoms with Gasteiger partial charge in [-0.3, -0.25) is 14.4 Å². The van der Waals surface area contributed by atoms with Crippen LogP contribution >= 0.6 is 11.6 Å². The zero-order chi connectivity index (χ0) is 26.5. The Hall–Kier alpha value is -3.60. The molecule has 196 valence electrons. The summed E-state index contributed by atoms with van der Waals surface area (Å²) in [4.78, 5) is 45.7. The van der Waals surface area contributed by atoms with Gasteiger partial charge < -0.3 is 29.0 Å². The Labute approximate surface area is 218 Å². The number of aromatic nitrogens is 2. The third-order valence-corrected chi connectivity index (χ3v) is 7.52. The molecule has 1 aliphatic carbocycles. The maximum Gasteiger partial charge on any atom is 0.236 e. The number of carbonyl (C=O) groups excluding carboxylic acids is 3. The van der Waals surface area contributed by atoms with Crippen molar-refractivity contribution in [2.24, 2.45) is 11.8 Å². The highest BCUT2D eigenvalue weighted by Gasteiger charge is 2.60. The first-order chi connectivity index (χ1) is 17.7. The van der Waals surface area contributed by atoms with E-state index in [1.54, 1.807) is 13.8 Å². The van der Waals surface area contributed by atoms with E-state index >= 15 is 0 Å². The molecule has 1 amide bonds. The Morgan fingerprint density at radius 2 is 2.00 bits per heavy atom. The topological polar surface area (TPSA) is 133 Å². The monoisotopic (exact) mass is 530 g/mol. The molecular weight excluding hydrogens is 504 g/mol. The number of likely N-dealkylation sites (tertiary alicyclic amines) is 1. The van der Waals surface area contributed by atoms with Crippen LogP contribution < -0.4 is 19.5 Å². The number of rotatable bonds is 7. The van der Waals surface area contributed by atoms with Gasteiger partial charge in [-0.15, -0.1) is 0 Å². The Kier molecular flexibility index (Phi) is 6.35. The standard InChI is InChI=1S/C25H27ClN4O7/c1-12-7-15(30-10-14(11-30)24(33)27-6-5-19-28-13(2)29-37-19)8-18(31)25(12)23(32)20-16(34-3)9-17(35-4)21(26)22(20)36-25/h8-9,12,14H,5-7,10-11H2,1-4H3,(H,27,33). The van der Waals surface area contributed by atoms with Crippen molar-refractivity contribution >= 4 is 29.1 Å². The molecule has 1 aromatic carbocycles. The highest BCUT2D eigenvalue weighted by Crippen LogP contribution is 2.53. The molecule has 2 aromatic rings. The third-order valence-electron chi connectivity index (χ3n) is 7.16. The third kappa shape index (κ3) is 4.01. The Morgan fingerprint density at radius 1 is 1.27 bits per heavy atom.